The molecule has 1 saturated carbocycles. The van der Waals surface area contributed by atoms with Gasteiger partial charge < -0.3 is 11.1 Å². The van der Waals surface area contributed by atoms with Crippen LogP contribution in [-0.2, 0) is 11.2 Å². The van der Waals surface area contributed by atoms with Crippen LogP contribution in [0.1, 0.15) is 45.1 Å². The highest BCUT2D eigenvalue weighted by atomic mass is 35.5. The molecule has 3 nitrogen and oxygen atoms in total. The summed E-state index contributed by atoms with van der Waals surface area (Å²) in [7, 11) is 0. The van der Waals surface area contributed by atoms with Gasteiger partial charge in [-0.25, -0.2) is 0 Å². The van der Waals surface area contributed by atoms with E-state index in [2.05, 4.69) is 29.6 Å². The predicted molar refractivity (Wildman–Crippen MR) is 94.1 cm³/mol. The molecule has 1 unspecified atom stereocenters. The second kappa shape index (κ2) is 8.54. The highest BCUT2D eigenvalue weighted by molar-refractivity contribution is 5.85. The third-order valence-corrected chi connectivity index (χ3v) is 4.49. The van der Waals surface area contributed by atoms with Gasteiger partial charge in [0.1, 0.15) is 0 Å². The van der Waals surface area contributed by atoms with Crippen molar-refractivity contribution in [2.75, 3.05) is 6.54 Å². The van der Waals surface area contributed by atoms with Crippen molar-refractivity contribution in [3.8, 4) is 0 Å². The Morgan fingerprint density at radius 1 is 1.32 bits per heavy atom. The molecule has 0 bridgehead atoms. The fraction of sp³-hybridized carbons (Fsp3) is 0.611. The van der Waals surface area contributed by atoms with E-state index in [0.717, 1.165) is 19.3 Å². The van der Waals surface area contributed by atoms with Crippen LogP contribution in [0.3, 0.4) is 0 Å². The number of amides is 1. The summed E-state index contributed by atoms with van der Waals surface area (Å²) < 4.78 is 0. The van der Waals surface area contributed by atoms with Gasteiger partial charge in [0.05, 0.1) is 0 Å². The van der Waals surface area contributed by atoms with Crippen molar-refractivity contribution in [1.29, 1.82) is 0 Å². The Hall–Kier alpha value is -1.06. The Morgan fingerprint density at radius 3 is 2.50 bits per heavy atom. The van der Waals surface area contributed by atoms with Crippen LogP contribution in [0, 0.1) is 11.3 Å². The van der Waals surface area contributed by atoms with Gasteiger partial charge in [-0.3, -0.25) is 4.79 Å². The predicted octanol–water partition coefficient (Wildman–Crippen LogP) is 3.31. The van der Waals surface area contributed by atoms with Gasteiger partial charge in [-0.2, -0.15) is 0 Å². The standard InChI is InChI=1S/C18H28N2O.ClH/c1-18(2,12-6-9-14-7-4-3-5-8-14)17(21)20-16(13-19)15-10-11-15;/h3-5,7-8,15-16H,6,9-13,19H2,1-2H3,(H,20,21);1H. The van der Waals surface area contributed by atoms with Crippen molar-refractivity contribution >= 4 is 18.3 Å². The van der Waals surface area contributed by atoms with Crippen molar-refractivity contribution in [2.45, 2.75) is 52.0 Å². The summed E-state index contributed by atoms with van der Waals surface area (Å²) in [5, 5.41) is 3.15. The fourth-order valence-corrected chi connectivity index (χ4v) is 2.72. The molecule has 1 amide bonds. The normalized spacial score (nSPS) is 15.8. The number of carbonyl (C=O) groups is 1. The average Bonchev–Trinajstić information content (AvgIpc) is 3.30. The average molecular weight is 325 g/mol. The second-order valence-electron chi connectivity index (χ2n) is 6.88. The lowest BCUT2D eigenvalue weighted by Crippen LogP contribution is -2.47. The van der Waals surface area contributed by atoms with Crippen LogP contribution >= 0.6 is 12.4 Å². The summed E-state index contributed by atoms with van der Waals surface area (Å²) in [6.45, 7) is 4.62. The number of aryl methyl sites for hydroxylation is 1. The molecular weight excluding hydrogens is 296 g/mol. The summed E-state index contributed by atoms with van der Waals surface area (Å²) >= 11 is 0. The van der Waals surface area contributed by atoms with E-state index in [1.54, 1.807) is 0 Å². The van der Waals surface area contributed by atoms with Gasteiger partial charge in [0.2, 0.25) is 5.91 Å². The van der Waals surface area contributed by atoms with Gasteiger partial charge >= 0.3 is 0 Å². The number of halogens is 1. The fourth-order valence-electron chi connectivity index (χ4n) is 2.72. The molecule has 4 heteroatoms. The van der Waals surface area contributed by atoms with Crippen molar-refractivity contribution in [3.63, 3.8) is 0 Å². The molecule has 1 fully saturated rings. The SMILES string of the molecule is CC(C)(CCCc1ccccc1)C(=O)NC(CN)C1CC1.Cl. The first kappa shape index (κ1) is 19.0. The maximum atomic E-state index is 12.4. The lowest BCUT2D eigenvalue weighted by atomic mass is 9.85. The van der Waals surface area contributed by atoms with E-state index in [4.69, 9.17) is 5.73 Å². The summed E-state index contributed by atoms with van der Waals surface area (Å²) in [4.78, 5) is 12.4. The monoisotopic (exact) mass is 324 g/mol. The Kier molecular flexibility index (Phi) is 7.37. The molecule has 1 aliphatic rings. The molecule has 124 valence electrons. The zero-order chi connectivity index (χ0) is 15.3. The Morgan fingerprint density at radius 2 is 1.95 bits per heavy atom. The molecule has 2 rings (SSSR count). The number of nitrogens with two attached hydrogens (primary N) is 1. The summed E-state index contributed by atoms with van der Waals surface area (Å²) in [5.41, 5.74) is 6.78. The van der Waals surface area contributed by atoms with E-state index in [0.29, 0.717) is 12.5 Å². The van der Waals surface area contributed by atoms with Gasteiger partial charge in [-0.15, -0.1) is 12.4 Å². The largest absolute Gasteiger partial charge is 0.351 e. The van der Waals surface area contributed by atoms with Crippen LogP contribution in [0.5, 0.6) is 0 Å². The molecule has 1 aliphatic carbocycles. The third kappa shape index (κ3) is 5.62. The Labute approximate surface area is 140 Å². The van der Waals surface area contributed by atoms with Crippen molar-refractivity contribution in [2.24, 2.45) is 17.1 Å². The zero-order valence-electron chi connectivity index (χ0n) is 13.7. The van der Waals surface area contributed by atoms with Gasteiger partial charge in [0, 0.05) is 18.0 Å². The van der Waals surface area contributed by atoms with Crippen LogP contribution in [0.2, 0.25) is 0 Å². The van der Waals surface area contributed by atoms with E-state index in [1.165, 1.54) is 18.4 Å². The molecule has 1 aromatic carbocycles. The maximum absolute atomic E-state index is 12.4. The number of rotatable bonds is 8. The highest BCUT2D eigenvalue weighted by Gasteiger charge is 2.35. The molecule has 1 atom stereocenters. The van der Waals surface area contributed by atoms with Crippen LogP contribution < -0.4 is 11.1 Å². The maximum Gasteiger partial charge on any atom is 0.225 e. The summed E-state index contributed by atoms with van der Waals surface area (Å²) in [6, 6.07) is 10.6. The van der Waals surface area contributed by atoms with Crippen LogP contribution in [0.25, 0.3) is 0 Å². The van der Waals surface area contributed by atoms with E-state index in [-0.39, 0.29) is 29.8 Å². The van der Waals surface area contributed by atoms with Gasteiger partial charge in [-0.1, -0.05) is 44.2 Å². The van der Waals surface area contributed by atoms with Crippen LogP contribution in [0.15, 0.2) is 30.3 Å². The van der Waals surface area contributed by atoms with Crippen molar-refractivity contribution in [1.82, 2.24) is 5.32 Å². The minimum atomic E-state index is -0.322. The van der Waals surface area contributed by atoms with Crippen LogP contribution in [0.4, 0.5) is 0 Å². The summed E-state index contributed by atoms with van der Waals surface area (Å²) in [5.74, 6) is 0.761. The molecule has 3 N–H and O–H groups in total. The van der Waals surface area contributed by atoms with Gasteiger partial charge in [0.25, 0.3) is 0 Å². The quantitative estimate of drug-likeness (QED) is 0.770. The summed E-state index contributed by atoms with van der Waals surface area (Å²) in [6.07, 6.45) is 5.37. The molecule has 0 heterocycles. The number of benzene rings is 1. The molecule has 0 saturated heterocycles. The lowest BCUT2D eigenvalue weighted by molar-refractivity contribution is -0.130. The first-order chi connectivity index (χ1) is 10.0. The highest BCUT2D eigenvalue weighted by Crippen LogP contribution is 2.33. The molecule has 0 aliphatic heterocycles. The first-order valence-electron chi connectivity index (χ1n) is 8.08. The van der Waals surface area contributed by atoms with Crippen LogP contribution in [-0.4, -0.2) is 18.5 Å². The number of hydrogen-bond acceptors (Lipinski definition) is 2. The first-order valence-corrected chi connectivity index (χ1v) is 8.08. The Balaban J connectivity index is 0.00000242. The van der Waals surface area contributed by atoms with E-state index < -0.39 is 0 Å². The minimum absolute atomic E-state index is 0. The third-order valence-electron chi connectivity index (χ3n) is 4.49. The van der Waals surface area contributed by atoms with E-state index >= 15 is 0 Å². The molecule has 0 aromatic heterocycles. The van der Waals surface area contributed by atoms with Crippen molar-refractivity contribution < 1.29 is 4.79 Å². The molecule has 22 heavy (non-hydrogen) atoms. The Bertz CT molecular complexity index is 457. The topological polar surface area (TPSA) is 55.1 Å². The lowest BCUT2D eigenvalue weighted by Gasteiger charge is -2.27. The minimum Gasteiger partial charge on any atom is -0.351 e. The van der Waals surface area contributed by atoms with Crippen molar-refractivity contribution in [3.05, 3.63) is 35.9 Å². The molecular formula is C18H29ClN2O. The number of nitrogens with one attached hydrogen (secondary N) is 1. The molecule has 1 aromatic rings. The number of hydrogen-bond donors (Lipinski definition) is 2. The number of carbonyl (C=O) groups excluding carboxylic acids is 1. The van der Waals surface area contributed by atoms with E-state index in [9.17, 15) is 4.79 Å². The van der Waals surface area contributed by atoms with Gasteiger partial charge in [0.15, 0.2) is 0 Å². The van der Waals surface area contributed by atoms with E-state index in [1.807, 2.05) is 19.9 Å². The molecule has 0 radical (unpaired) electrons. The smallest absolute Gasteiger partial charge is 0.225 e. The molecule has 0 spiro atoms. The zero-order valence-corrected chi connectivity index (χ0v) is 14.5. The van der Waals surface area contributed by atoms with Gasteiger partial charge in [-0.05, 0) is 43.6 Å². The second-order valence-corrected chi connectivity index (χ2v) is 6.88.